The maximum Gasteiger partial charge on any atom is 0.0454 e. The van der Waals surface area contributed by atoms with Gasteiger partial charge in [-0.05, 0) is 23.6 Å². The van der Waals surface area contributed by atoms with Crippen molar-refractivity contribution >= 4 is 11.6 Å². The van der Waals surface area contributed by atoms with Gasteiger partial charge in [0.1, 0.15) is 0 Å². The van der Waals surface area contributed by atoms with Crippen molar-refractivity contribution in [3.63, 3.8) is 0 Å². The average molecular weight is 301 g/mol. The van der Waals surface area contributed by atoms with E-state index in [0.717, 1.165) is 37.6 Å². The molecule has 0 spiro atoms. The molecule has 1 heterocycles. The minimum atomic E-state index is 0.350. The van der Waals surface area contributed by atoms with Gasteiger partial charge >= 0.3 is 0 Å². The summed E-state index contributed by atoms with van der Waals surface area (Å²) in [5.74, 6) is 0. The molecule has 21 heavy (non-hydrogen) atoms. The van der Waals surface area contributed by atoms with Gasteiger partial charge in [0.05, 0.1) is 0 Å². The molecule has 1 aliphatic rings. The second-order valence-corrected chi connectivity index (χ2v) is 5.92. The van der Waals surface area contributed by atoms with Crippen molar-refractivity contribution in [2.24, 2.45) is 0 Å². The molecule has 1 saturated heterocycles. The van der Waals surface area contributed by atoms with Crippen LogP contribution in [0.4, 0.5) is 0 Å². The van der Waals surface area contributed by atoms with Crippen LogP contribution in [0.3, 0.4) is 0 Å². The number of benzene rings is 2. The Morgan fingerprint density at radius 2 is 1.62 bits per heavy atom. The monoisotopic (exact) mass is 300 g/mol. The topological polar surface area (TPSA) is 15.3 Å². The molecule has 110 valence electrons. The Hall–Kier alpha value is -1.35. The number of piperazine rings is 1. The van der Waals surface area contributed by atoms with Crippen LogP contribution in [0, 0.1) is 0 Å². The van der Waals surface area contributed by atoms with Crippen LogP contribution in [-0.4, -0.2) is 31.1 Å². The van der Waals surface area contributed by atoms with Crippen LogP contribution in [0.15, 0.2) is 54.6 Å². The summed E-state index contributed by atoms with van der Waals surface area (Å²) in [4.78, 5) is 2.55. The van der Waals surface area contributed by atoms with E-state index < -0.39 is 0 Å². The lowest BCUT2D eigenvalue weighted by Gasteiger charge is -2.35. The van der Waals surface area contributed by atoms with Gasteiger partial charge in [-0.3, -0.25) is 4.90 Å². The van der Waals surface area contributed by atoms with Gasteiger partial charge in [0.15, 0.2) is 0 Å². The molecule has 0 aliphatic carbocycles. The second-order valence-electron chi connectivity index (χ2n) is 5.51. The molecule has 1 atom stereocenters. The first kappa shape index (κ1) is 14.6. The van der Waals surface area contributed by atoms with Gasteiger partial charge < -0.3 is 5.32 Å². The Labute approximate surface area is 131 Å². The molecule has 0 aromatic heterocycles. The first-order valence-corrected chi connectivity index (χ1v) is 7.95. The number of rotatable bonds is 4. The highest BCUT2D eigenvalue weighted by molar-refractivity contribution is 6.31. The SMILES string of the molecule is Clc1ccccc1C(Cc1ccccc1)N1CCNCC1. The van der Waals surface area contributed by atoms with Crippen molar-refractivity contribution in [3.05, 3.63) is 70.7 Å². The normalized spacial score (nSPS) is 17.6. The third kappa shape index (κ3) is 3.65. The highest BCUT2D eigenvalue weighted by Crippen LogP contribution is 2.30. The van der Waals surface area contributed by atoms with E-state index in [0.29, 0.717) is 6.04 Å². The maximum atomic E-state index is 6.46. The molecular formula is C18H21ClN2. The van der Waals surface area contributed by atoms with Crippen molar-refractivity contribution in [2.45, 2.75) is 12.5 Å². The van der Waals surface area contributed by atoms with Crippen LogP contribution in [0.2, 0.25) is 5.02 Å². The Bertz CT molecular complexity index is 564. The third-order valence-corrected chi connectivity index (χ3v) is 4.47. The minimum Gasteiger partial charge on any atom is -0.314 e. The highest BCUT2D eigenvalue weighted by atomic mass is 35.5. The van der Waals surface area contributed by atoms with Crippen molar-refractivity contribution < 1.29 is 0 Å². The predicted molar refractivity (Wildman–Crippen MR) is 88.8 cm³/mol. The molecule has 3 rings (SSSR count). The average Bonchev–Trinajstić information content (AvgIpc) is 2.55. The molecule has 2 aromatic rings. The van der Waals surface area contributed by atoms with Gasteiger partial charge in [-0.15, -0.1) is 0 Å². The molecule has 2 nitrogen and oxygen atoms in total. The van der Waals surface area contributed by atoms with Gasteiger partial charge in [0.25, 0.3) is 0 Å². The smallest absolute Gasteiger partial charge is 0.0454 e. The lowest BCUT2D eigenvalue weighted by molar-refractivity contribution is 0.172. The number of halogens is 1. The molecule has 3 heteroatoms. The van der Waals surface area contributed by atoms with E-state index in [1.807, 2.05) is 12.1 Å². The zero-order valence-electron chi connectivity index (χ0n) is 12.1. The Balaban J connectivity index is 1.89. The van der Waals surface area contributed by atoms with Crippen LogP contribution in [-0.2, 0) is 6.42 Å². The summed E-state index contributed by atoms with van der Waals surface area (Å²) < 4.78 is 0. The van der Waals surface area contributed by atoms with E-state index in [2.05, 4.69) is 52.7 Å². The molecular weight excluding hydrogens is 280 g/mol. The Morgan fingerprint density at radius 3 is 2.33 bits per heavy atom. The summed E-state index contributed by atoms with van der Waals surface area (Å²) in [5.41, 5.74) is 2.60. The van der Waals surface area contributed by atoms with Crippen molar-refractivity contribution in [1.82, 2.24) is 10.2 Å². The zero-order chi connectivity index (χ0) is 14.5. The predicted octanol–water partition coefficient (Wildman–Crippen LogP) is 3.53. The van der Waals surface area contributed by atoms with Gasteiger partial charge in [-0.1, -0.05) is 60.1 Å². The molecule has 2 aromatic carbocycles. The molecule has 0 radical (unpaired) electrons. The largest absolute Gasteiger partial charge is 0.314 e. The third-order valence-electron chi connectivity index (χ3n) is 4.13. The molecule has 0 saturated carbocycles. The number of nitrogens with one attached hydrogen (secondary N) is 1. The fourth-order valence-corrected chi connectivity index (χ4v) is 3.27. The molecule has 1 N–H and O–H groups in total. The summed E-state index contributed by atoms with van der Waals surface area (Å²) in [6, 6.07) is 19.3. The lowest BCUT2D eigenvalue weighted by Crippen LogP contribution is -2.45. The van der Waals surface area contributed by atoms with Crippen molar-refractivity contribution in [1.29, 1.82) is 0 Å². The van der Waals surface area contributed by atoms with Crippen LogP contribution >= 0.6 is 11.6 Å². The molecule has 1 unspecified atom stereocenters. The van der Waals surface area contributed by atoms with Crippen LogP contribution < -0.4 is 5.32 Å². The van der Waals surface area contributed by atoms with E-state index in [1.54, 1.807) is 0 Å². The van der Waals surface area contributed by atoms with Crippen LogP contribution in [0.5, 0.6) is 0 Å². The number of nitrogens with zero attached hydrogens (tertiary/aromatic N) is 1. The van der Waals surface area contributed by atoms with E-state index in [-0.39, 0.29) is 0 Å². The lowest BCUT2D eigenvalue weighted by atomic mass is 9.96. The first-order valence-electron chi connectivity index (χ1n) is 7.58. The summed E-state index contributed by atoms with van der Waals surface area (Å²) in [6.45, 7) is 4.25. The summed E-state index contributed by atoms with van der Waals surface area (Å²) in [7, 11) is 0. The zero-order valence-corrected chi connectivity index (χ0v) is 12.9. The second kappa shape index (κ2) is 7.08. The molecule has 1 fully saturated rings. The van der Waals surface area contributed by atoms with Gasteiger partial charge in [-0.2, -0.15) is 0 Å². The van der Waals surface area contributed by atoms with Crippen LogP contribution in [0.25, 0.3) is 0 Å². The minimum absolute atomic E-state index is 0.350. The van der Waals surface area contributed by atoms with E-state index >= 15 is 0 Å². The molecule has 0 bridgehead atoms. The van der Waals surface area contributed by atoms with E-state index in [1.165, 1.54) is 11.1 Å². The summed E-state index contributed by atoms with van der Waals surface area (Å²) in [5, 5.41) is 4.30. The Morgan fingerprint density at radius 1 is 0.952 bits per heavy atom. The number of hydrogen-bond donors (Lipinski definition) is 1. The Kier molecular flexibility index (Phi) is 4.91. The van der Waals surface area contributed by atoms with Gasteiger partial charge in [0, 0.05) is 37.2 Å². The molecule has 0 amide bonds. The summed E-state index contributed by atoms with van der Waals surface area (Å²) >= 11 is 6.46. The first-order chi connectivity index (χ1) is 10.3. The fourth-order valence-electron chi connectivity index (χ4n) is 3.01. The highest BCUT2D eigenvalue weighted by Gasteiger charge is 2.23. The van der Waals surface area contributed by atoms with E-state index in [4.69, 9.17) is 11.6 Å². The summed E-state index contributed by atoms with van der Waals surface area (Å²) in [6.07, 6.45) is 1.00. The fraction of sp³-hybridized carbons (Fsp3) is 0.333. The maximum absolute atomic E-state index is 6.46. The van der Waals surface area contributed by atoms with Crippen molar-refractivity contribution in [3.8, 4) is 0 Å². The van der Waals surface area contributed by atoms with Crippen LogP contribution in [0.1, 0.15) is 17.2 Å². The van der Waals surface area contributed by atoms with Gasteiger partial charge in [0.2, 0.25) is 0 Å². The van der Waals surface area contributed by atoms with Gasteiger partial charge in [-0.25, -0.2) is 0 Å². The quantitative estimate of drug-likeness (QED) is 0.929. The standard InChI is InChI=1S/C18H21ClN2/c19-17-9-5-4-8-16(17)18(21-12-10-20-11-13-21)14-15-6-2-1-3-7-15/h1-9,18,20H,10-14H2. The van der Waals surface area contributed by atoms with Crippen molar-refractivity contribution in [2.75, 3.05) is 26.2 Å². The number of hydrogen-bond acceptors (Lipinski definition) is 2. The molecule has 1 aliphatic heterocycles. The van der Waals surface area contributed by atoms with E-state index in [9.17, 15) is 0 Å².